The van der Waals surface area contributed by atoms with Crippen molar-refractivity contribution in [2.75, 3.05) is 24.6 Å². The van der Waals surface area contributed by atoms with Crippen LogP contribution in [-0.2, 0) is 27.7 Å². The van der Waals surface area contributed by atoms with Gasteiger partial charge in [-0.15, -0.1) is 0 Å². The number of aromatic nitrogens is 8. The van der Waals surface area contributed by atoms with Crippen LogP contribution in [0.1, 0.15) is 12.5 Å². The van der Waals surface area contributed by atoms with E-state index in [4.69, 9.17) is 30.0 Å². The monoisotopic (exact) mass is 708 g/mol. The fourth-order valence-electron chi connectivity index (χ4n) is 5.42. The van der Waals surface area contributed by atoms with Crippen LogP contribution in [0.15, 0.2) is 23.8 Å². The predicted molar refractivity (Wildman–Crippen MR) is 159 cm³/mol. The van der Waals surface area contributed by atoms with E-state index in [1.54, 1.807) is 0 Å². The normalized spacial score (nSPS) is 37.7. The highest BCUT2D eigenvalue weighted by Gasteiger charge is 2.53. The Balaban J connectivity index is 1.17. The third-order valence-corrected chi connectivity index (χ3v) is 11.1. The first-order valence-corrected chi connectivity index (χ1v) is 18.6. The van der Waals surface area contributed by atoms with Gasteiger partial charge in [-0.05, 0) is 0 Å². The molecule has 3 aliphatic rings. The lowest BCUT2D eigenvalue weighted by molar-refractivity contribution is -0.0214. The Labute approximate surface area is 260 Å². The van der Waals surface area contributed by atoms with E-state index in [0.29, 0.717) is 0 Å². The zero-order valence-corrected chi connectivity index (χ0v) is 26.0. The minimum absolute atomic E-state index is 0.0604. The van der Waals surface area contributed by atoms with Crippen molar-refractivity contribution in [2.45, 2.75) is 49.2 Å². The standard InChI is InChI=1S/C20H24F2N12O7P2S2/c21-8-12-6(38-18(8)33-4-27-10-14(23)25-3-26-15(10)33)1-29-43(37,45)41-13-7(2-30-42(36,44)40-12)39-19(9(13)22)34-5-28-11-16(34)31-20(24)32-17(11)35/h3-9,12-13,18-19H,1-2H2,(H2,23,25,26)(H2,29,37,45)(H2,30,36,44)(H3,24,31,32,35). The van der Waals surface area contributed by atoms with Crippen LogP contribution in [0.4, 0.5) is 20.5 Å². The van der Waals surface area contributed by atoms with E-state index >= 15 is 8.78 Å². The van der Waals surface area contributed by atoms with Crippen molar-refractivity contribution in [3.63, 3.8) is 0 Å². The maximum atomic E-state index is 16.0. The molecule has 0 radical (unpaired) electrons. The second kappa shape index (κ2) is 11.2. The molecule has 242 valence electrons. The van der Waals surface area contributed by atoms with Crippen molar-refractivity contribution in [2.24, 2.45) is 0 Å². The molecule has 0 bridgehead atoms. The molecule has 4 aromatic rings. The molecule has 7 heterocycles. The number of H-pyrrole nitrogens is 1. The number of thiol groups is 2. The average molecular weight is 709 g/mol. The van der Waals surface area contributed by atoms with Gasteiger partial charge in [-0.1, -0.05) is 24.5 Å². The van der Waals surface area contributed by atoms with E-state index in [9.17, 15) is 13.9 Å². The molecular formula is C20H24F2N12O7P2S2. The number of alkyl halides is 2. The minimum Gasteiger partial charge on any atom is -0.382 e. The summed E-state index contributed by atoms with van der Waals surface area (Å²) in [5, 5.41) is 5.07. The molecule has 0 aromatic carbocycles. The van der Waals surface area contributed by atoms with Gasteiger partial charge in [-0.3, -0.25) is 28.0 Å². The number of nitrogens with two attached hydrogens (primary N) is 2. The molecule has 0 saturated carbocycles. The molecule has 19 nitrogen and oxygen atoms in total. The van der Waals surface area contributed by atoms with E-state index in [2.05, 4.69) is 64.6 Å². The van der Waals surface area contributed by atoms with Crippen molar-refractivity contribution >= 4 is 72.0 Å². The number of rotatable bonds is 2. The first kappa shape index (κ1) is 30.9. The van der Waals surface area contributed by atoms with Gasteiger partial charge in [-0.25, -0.2) is 38.9 Å². The van der Waals surface area contributed by atoms with Gasteiger partial charge in [0.15, 0.2) is 47.4 Å². The number of fused-ring (bicyclic) bond motifs is 4. The van der Waals surface area contributed by atoms with Crippen LogP contribution in [-0.4, -0.2) is 88.9 Å². The Morgan fingerprint density at radius 3 is 1.96 bits per heavy atom. The van der Waals surface area contributed by atoms with Crippen molar-refractivity contribution in [3.8, 4) is 0 Å². The average Bonchev–Trinajstić information content (AvgIpc) is 3.72. The topological polar surface area (TPSA) is 254 Å². The number of halogens is 2. The number of nitrogens with zero attached hydrogens (tertiary/aromatic N) is 7. The van der Waals surface area contributed by atoms with Crippen LogP contribution in [0, 0.1) is 0 Å². The molecule has 0 amide bonds. The number of nitrogen functional groups attached to an aromatic ring is 2. The Kier molecular flexibility index (Phi) is 7.70. The molecule has 7 rings (SSSR count). The van der Waals surface area contributed by atoms with Gasteiger partial charge in [0.2, 0.25) is 5.95 Å². The largest absolute Gasteiger partial charge is 0.382 e. The summed E-state index contributed by atoms with van der Waals surface area (Å²) in [7, 11) is 0. The molecule has 3 fully saturated rings. The Morgan fingerprint density at radius 2 is 1.38 bits per heavy atom. The highest BCUT2D eigenvalue weighted by Crippen LogP contribution is 2.56. The molecule has 3 saturated heterocycles. The van der Waals surface area contributed by atoms with Gasteiger partial charge in [0.1, 0.15) is 36.3 Å². The van der Waals surface area contributed by atoms with E-state index in [1.165, 1.54) is 17.2 Å². The molecule has 0 spiro atoms. The molecule has 10 atom stereocenters. The summed E-state index contributed by atoms with van der Waals surface area (Å²) >= 11 is 8.20. The highest BCUT2D eigenvalue weighted by atomic mass is 32.7. The van der Waals surface area contributed by atoms with Gasteiger partial charge >= 0.3 is 13.4 Å². The predicted octanol–water partition coefficient (Wildman–Crippen LogP) is 0.634. The van der Waals surface area contributed by atoms with Gasteiger partial charge in [0.25, 0.3) is 5.56 Å². The summed E-state index contributed by atoms with van der Waals surface area (Å²) in [5.41, 5.74) is 11.0. The van der Waals surface area contributed by atoms with Crippen LogP contribution in [0.3, 0.4) is 0 Å². The molecule has 0 aliphatic carbocycles. The van der Waals surface area contributed by atoms with Crippen molar-refractivity contribution < 1.29 is 36.4 Å². The third kappa shape index (κ3) is 5.53. The van der Waals surface area contributed by atoms with Crippen LogP contribution < -0.4 is 27.2 Å². The van der Waals surface area contributed by atoms with Gasteiger partial charge in [-0.2, -0.15) is 4.98 Å². The van der Waals surface area contributed by atoms with Crippen molar-refractivity contribution in [1.29, 1.82) is 0 Å². The molecule has 3 aliphatic heterocycles. The minimum atomic E-state index is -4.16. The lowest BCUT2D eigenvalue weighted by atomic mass is 10.1. The summed E-state index contributed by atoms with van der Waals surface area (Å²) in [6, 6.07) is 0. The van der Waals surface area contributed by atoms with Crippen LogP contribution in [0.5, 0.6) is 0 Å². The fourth-order valence-corrected chi connectivity index (χ4v) is 8.69. The zero-order chi connectivity index (χ0) is 31.8. The van der Waals surface area contributed by atoms with Crippen molar-refractivity contribution in [1.82, 2.24) is 49.2 Å². The summed E-state index contributed by atoms with van der Waals surface area (Å²) < 4.78 is 84.4. The highest BCUT2D eigenvalue weighted by molar-refractivity contribution is 8.45. The number of nitrogens with one attached hydrogen (secondary N) is 3. The van der Waals surface area contributed by atoms with Crippen LogP contribution >= 0.6 is 37.9 Å². The van der Waals surface area contributed by atoms with Crippen molar-refractivity contribution in [3.05, 3.63) is 29.3 Å². The molecule has 10 unspecified atom stereocenters. The quantitative estimate of drug-likeness (QED) is 0.111. The van der Waals surface area contributed by atoms with Gasteiger partial charge < -0.3 is 30.0 Å². The maximum absolute atomic E-state index is 16.0. The third-order valence-electron chi connectivity index (χ3n) is 7.43. The molecule has 4 aromatic heterocycles. The number of anilines is 2. The van der Waals surface area contributed by atoms with E-state index in [1.807, 2.05) is 0 Å². The Bertz CT molecular complexity index is 1950. The first-order valence-electron chi connectivity index (χ1n) is 13.1. The van der Waals surface area contributed by atoms with E-state index < -0.39 is 81.3 Å². The lowest BCUT2D eigenvalue weighted by Gasteiger charge is -2.29. The second-order valence-electron chi connectivity index (χ2n) is 10.3. The number of aromatic amines is 1. The molecule has 45 heavy (non-hydrogen) atoms. The molecular weight excluding hydrogens is 684 g/mol. The SMILES string of the molecule is Nc1nc2c(ncn2C2OC3CNP(=O)(S)OC4C(CNP(=O)(S)OC3C2F)OC(n2cnc3c(N)ncnc32)C4F)c(=O)[nH]1. The van der Waals surface area contributed by atoms with Crippen LogP contribution in [0.2, 0.25) is 0 Å². The smallest absolute Gasteiger partial charge is 0.324 e. The lowest BCUT2D eigenvalue weighted by Crippen LogP contribution is -2.42. The number of imidazole rings is 2. The summed E-state index contributed by atoms with van der Waals surface area (Å²) in [6.07, 6.45) is -8.98. The summed E-state index contributed by atoms with van der Waals surface area (Å²) in [6.45, 7) is -9.15. The first-order chi connectivity index (χ1) is 21.3. The second-order valence-corrected chi connectivity index (χ2v) is 16.6. The number of hydrogen-bond donors (Lipinski definition) is 7. The molecule has 25 heteroatoms. The number of hydrogen-bond acceptors (Lipinski definition) is 14. The Morgan fingerprint density at radius 1 is 0.844 bits per heavy atom. The molecule has 7 N–H and O–H groups in total. The Hall–Kier alpha value is -2.72. The summed E-state index contributed by atoms with van der Waals surface area (Å²) in [4.78, 5) is 34.6. The van der Waals surface area contributed by atoms with Gasteiger partial charge in [0, 0.05) is 13.1 Å². The van der Waals surface area contributed by atoms with E-state index in [-0.39, 0.29) is 34.1 Å². The zero-order valence-electron chi connectivity index (χ0n) is 22.5. The van der Waals surface area contributed by atoms with Crippen LogP contribution in [0.25, 0.3) is 22.3 Å². The van der Waals surface area contributed by atoms with E-state index in [0.717, 1.165) is 10.9 Å². The van der Waals surface area contributed by atoms with Gasteiger partial charge in [0.05, 0.1) is 12.7 Å². The number of ether oxygens (including phenoxy) is 2. The fraction of sp³-hybridized carbons (Fsp3) is 0.500. The summed E-state index contributed by atoms with van der Waals surface area (Å²) in [5.74, 6) is -0.186. The maximum Gasteiger partial charge on any atom is 0.324 e.